The van der Waals surface area contributed by atoms with Gasteiger partial charge in [-0.15, -0.1) is 0 Å². The Labute approximate surface area is 150 Å². The summed E-state index contributed by atoms with van der Waals surface area (Å²) >= 11 is 0. The van der Waals surface area contributed by atoms with E-state index in [2.05, 4.69) is 26.5 Å². The van der Waals surface area contributed by atoms with Gasteiger partial charge in [-0.1, -0.05) is 19.3 Å². The summed E-state index contributed by atoms with van der Waals surface area (Å²) in [4.78, 5) is 28.6. The van der Waals surface area contributed by atoms with Crippen LogP contribution in [-0.2, 0) is 9.59 Å². The van der Waals surface area contributed by atoms with Crippen LogP contribution in [0.15, 0.2) is 0 Å². The zero-order valence-electron chi connectivity index (χ0n) is 15.5. The molecule has 25 heavy (non-hydrogen) atoms. The van der Waals surface area contributed by atoms with E-state index in [9.17, 15) is 14.9 Å². The zero-order valence-corrected chi connectivity index (χ0v) is 15.5. The van der Waals surface area contributed by atoms with E-state index in [1.54, 1.807) is 0 Å². The van der Waals surface area contributed by atoms with E-state index in [0.29, 0.717) is 13.1 Å². The molecule has 1 saturated carbocycles. The third-order valence-electron chi connectivity index (χ3n) is 5.36. The highest BCUT2D eigenvalue weighted by atomic mass is 16.2. The van der Waals surface area contributed by atoms with Crippen molar-refractivity contribution in [2.75, 3.05) is 39.3 Å². The summed E-state index contributed by atoms with van der Waals surface area (Å²) in [7, 11) is 0. The average Bonchev–Trinajstić information content (AvgIpc) is 2.62. The Balaban J connectivity index is 1.81. The van der Waals surface area contributed by atoms with E-state index in [1.807, 2.05) is 13.8 Å². The molecule has 1 aliphatic heterocycles. The highest BCUT2D eigenvalue weighted by molar-refractivity contribution is 5.82. The fourth-order valence-electron chi connectivity index (χ4n) is 3.69. The predicted molar refractivity (Wildman–Crippen MR) is 95.7 cm³/mol. The molecule has 7 heteroatoms. The van der Waals surface area contributed by atoms with Gasteiger partial charge in [0.1, 0.15) is 5.54 Å². The van der Waals surface area contributed by atoms with Crippen LogP contribution >= 0.6 is 0 Å². The number of nitrogens with zero attached hydrogens (tertiary/aromatic N) is 3. The van der Waals surface area contributed by atoms with Gasteiger partial charge in [0.05, 0.1) is 18.7 Å². The molecule has 1 aliphatic carbocycles. The van der Waals surface area contributed by atoms with Gasteiger partial charge in [-0.2, -0.15) is 5.26 Å². The molecule has 2 N–H and O–H groups in total. The molecule has 2 aliphatic rings. The molecule has 140 valence electrons. The lowest BCUT2D eigenvalue weighted by atomic mass is 9.82. The van der Waals surface area contributed by atoms with Gasteiger partial charge >= 0.3 is 0 Å². The Morgan fingerprint density at radius 3 is 2.36 bits per heavy atom. The van der Waals surface area contributed by atoms with Crippen LogP contribution in [0, 0.1) is 11.3 Å². The lowest BCUT2D eigenvalue weighted by molar-refractivity contribution is -0.129. The van der Waals surface area contributed by atoms with Crippen molar-refractivity contribution in [3.63, 3.8) is 0 Å². The first-order chi connectivity index (χ1) is 12.0. The van der Waals surface area contributed by atoms with Crippen LogP contribution < -0.4 is 10.6 Å². The van der Waals surface area contributed by atoms with Gasteiger partial charge in [-0.05, 0) is 26.7 Å². The molecule has 0 aromatic carbocycles. The van der Waals surface area contributed by atoms with Crippen molar-refractivity contribution in [2.45, 2.75) is 57.5 Å². The van der Waals surface area contributed by atoms with Crippen LogP contribution in [0.4, 0.5) is 0 Å². The quantitative estimate of drug-likeness (QED) is 0.728. The van der Waals surface area contributed by atoms with Crippen molar-refractivity contribution in [3.8, 4) is 6.07 Å². The van der Waals surface area contributed by atoms with Gasteiger partial charge < -0.3 is 10.6 Å². The Hall–Kier alpha value is -1.65. The third kappa shape index (κ3) is 5.41. The third-order valence-corrected chi connectivity index (χ3v) is 5.36. The summed E-state index contributed by atoms with van der Waals surface area (Å²) < 4.78 is 0. The minimum Gasteiger partial charge on any atom is -0.355 e. The summed E-state index contributed by atoms with van der Waals surface area (Å²) in [5.74, 6) is -0.00405. The first-order valence-corrected chi connectivity index (χ1v) is 9.46. The number of nitriles is 1. The Bertz CT molecular complexity index is 502. The molecular formula is C18H31N5O2. The smallest absolute Gasteiger partial charge is 0.238 e. The maximum absolute atomic E-state index is 12.6. The fraction of sp³-hybridized carbons (Fsp3) is 0.833. The van der Waals surface area contributed by atoms with Gasteiger partial charge in [-0.3, -0.25) is 19.4 Å². The van der Waals surface area contributed by atoms with Crippen LogP contribution in [0.25, 0.3) is 0 Å². The summed E-state index contributed by atoms with van der Waals surface area (Å²) in [5, 5.41) is 15.4. The molecule has 2 fully saturated rings. The number of carbonyl (C=O) groups is 2. The average molecular weight is 349 g/mol. The van der Waals surface area contributed by atoms with Gasteiger partial charge in [0, 0.05) is 32.7 Å². The largest absolute Gasteiger partial charge is 0.355 e. The second kappa shape index (κ2) is 9.16. The number of piperazine rings is 1. The van der Waals surface area contributed by atoms with Crippen LogP contribution in [-0.4, -0.2) is 72.5 Å². The van der Waals surface area contributed by atoms with Crippen molar-refractivity contribution < 1.29 is 9.59 Å². The molecule has 1 atom stereocenters. The number of nitrogens with one attached hydrogen (secondary N) is 2. The van der Waals surface area contributed by atoms with Gasteiger partial charge in [0.15, 0.2) is 0 Å². The molecule has 1 saturated heterocycles. The molecule has 1 unspecified atom stereocenters. The second-order valence-corrected chi connectivity index (χ2v) is 7.19. The second-order valence-electron chi connectivity index (χ2n) is 7.19. The number of hydrogen-bond acceptors (Lipinski definition) is 5. The SMILES string of the molecule is CCNC(=O)CN1CCN(C(C)C(=O)NC2(C#N)CCCCC2)CC1. The number of carbonyl (C=O) groups excluding carboxylic acids is 2. The molecule has 7 nitrogen and oxygen atoms in total. The predicted octanol–water partition coefficient (Wildman–Crippen LogP) is 0.471. The molecule has 0 radical (unpaired) electrons. The van der Waals surface area contributed by atoms with Crippen molar-refractivity contribution in [1.29, 1.82) is 5.26 Å². The summed E-state index contributed by atoms with van der Waals surface area (Å²) in [6.07, 6.45) is 4.65. The highest BCUT2D eigenvalue weighted by Crippen LogP contribution is 2.27. The van der Waals surface area contributed by atoms with Gasteiger partial charge in [0.25, 0.3) is 0 Å². The van der Waals surface area contributed by atoms with Crippen LogP contribution in [0.5, 0.6) is 0 Å². The fourth-order valence-corrected chi connectivity index (χ4v) is 3.69. The highest BCUT2D eigenvalue weighted by Gasteiger charge is 2.36. The van der Waals surface area contributed by atoms with Gasteiger partial charge in [-0.25, -0.2) is 0 Å². The molecule has 0 spiro atoms. The summed E-state index contributed by atoms with van der Waals surface area (Å²) in [6, 6.07) is 2.09. The van der Waals surface area contributed by atoms with Gasteiger partial charge in [0.2, 0.25) is 11.8 Å². The molecule has 0 aromatic heterocycles. The van der Waals surface area contributed by atoms with Crippen molar-refractivity contribution in [2.24, 2.45) is 0 Å². The van der Waals surface area contributed by atoms with Crippen molar-refractivity contribution in [1.82, 2.24) is 20.4 Å². The minimum absolute atomic E-state index is 0.0509. The first-order valence-electron chi connectivity index (χ1n) is 9.46. The Morgan fingerprint density at radius 2 is 1.80 bits per heavy atom. The lowest BCUT2D eigenvalue weighted by Crippen LogP contribution is -2.58. The number of likely N-dealkylation sites (N-methyl/N-ethyl adjacent to an activating group) is 1. The molecule has 2 amide bonds. The van der Waals surface area contributed by atoms with Crippen LogP contribution in [0.3, 0.4) is 0 Å². The van der Waals surface area contributed by atoms with Crippen molar-refractivity contribution in [3.05, 3.63) is 0 Å². The maximum Gasteiger partial charge on any atom is 0.238 e. The van der Waals surface area contributed by atoms with Crippen LogP contribution in [0.1, 0.15) is 46.0 Å². The van der Waals surface area contributed by atoms with E-state index in [0.717, 1.165) is 58.3 Å². The molecular weight excluding hydrogens is 318 g/mol. The molecule has 2 rings (SSSR count). The lowest BCUT2D eigenvalue weighted by Gasteiger charge is -2.39. The first kappa shape index (κ1) is 19.7. The van der Waals surface area contributed by atoms with E-state index >= 15 is 0 Å². The van der Waals surface area contributed by atoms with Crippen LogP contribution in [0.2, 0.25) is 0 Å². The molecule has 0 bridgehead atoms. The number of rotatable bonds is 6. The minimum atomic E-state index is -0.677. The van der Waals surface area contributed by atoms with E-state index in [1.165, 1.54) is 0 Å². The molecule has 0 aromatic rings. The maximum atomic E-state index is 12.6. The van der Waals surface area contributed by atoms with E-state index < -0.39 is 5.54 Å². The Morgan fingerprint density at radius 1 is 1.16 bits per heavy atom. The normalized spacial score (nSPS) is 22.6. The molecule has 1 heterocycles. The number of hydrogen-bond donors (Lipinski definition) is 2. The van der Waals surface area contributed by atoms with E-state index in [4.69, 9.17) is 0 Å². The van der Waals surface area contributed by atoms with Crippen molar-refractivity contribution >= 4 is 11.8 Å². The Kier molecular flexibility index (Phi) is 7.21. The van der Waals surface area contributed by atoms with E-state index in [-0.39, 0.29) is 17.9 Å². The monoisotopic (exact) mass is 349 g/mol. The summed E-state index contributed by atoms with van der Waals surface area (Å²) in [6.45, 7) is 7.95. The summed E-state index contributed by atoms with van der Waals surface area (Å²) in [5.41, 5.74) is -0.677. The topological polar surface area (TPSA) is 88.5 Å². The number of amides is 2. The standard InChI is InChI=1S/C18H31N5O2/c1-3-20-16(24)13-22-9-11-23(12-10-22)15(2)17(25)21-18(14-19)7-5-4-6-8-18/h15H,3-13H2,1-2H3,(H,20,24)(H,21,25). The zero-order chi connectivity index (χ0) is 18.3.